The third-order valence-corrected chi connectivity index (χ3v) is 7.35. The van der Waals surface area contributed by atoms with Crippen molar-refractivity contribution in [2.75, 3.05) is 49.5 Å². The van der Waals surface area contributed by atoms with Crippen molar-refractivity contribution in [1.29, 1.82) is 0 Å². The Labute approximate surface area is 215 Å². The van der Waals surface area contributed by atoms with E-state index in [1.165, 1.54) is 37.3 Å². The highest BCUT2D eigenvalue weighted by molar-refractivity contribution is 6.16. The van der Waals surface area contributed by atoms with Crippen molar-refractivity contribution in [3.8, 4) is 0 Å². The minimum Gasteiger partial charge on any atom is -0.337 e. The van der Waals surface area contributed by atoms with Gasteiger partial charge in [-0.05, 0) is 76.1 Å². The highest BCUT2D eigenvalue weighted by Gasteiger charge is 2.30. The number of nitrogens with one attached hydrogen (secondary N) is 2. The fourth-order valence-electron chi connectivity index (χ4n) is 5.27. The van der Waals surface area contributed by atoms with Crippen LogP contribution in [0.3, 0.4) is 0 Å². The zero-order valence-electron chi connectivity index (χ0n) is 21.7. The van der Waals surface area contributed by atoms with E-state index in [0.29, 0.717) is 35.3 Å². The van der Waals surface area contributed by atoms with E-state index < -0.39 is 0 Å². The van der Waals surface area contributed by atoms with Gasteiger partial charge in [0.25, 0.3) is 5.91 Å². The number of unbranched alkanes of at least 4 members (excludes halogenated alkanes) is 2. The van der Waals surface area contributed by atoms with Crippen molar-refractivity contribution >= 4 is 29.1 Å². The lowest BCUT2D eigenvalue weighted by Gasteiger charge is -2.38. The molecule has 3 amide bonds. The maximum atomic E-state index is 13.3. The molecule has 2 aliphatic rings. The number of likely N-dealkylation sites (N-methyl/N-ethyl adjacent to an activating group) is 1. The molecule has 2 aliphatic heterocycles. The molecule has 1 saturated heterocycles. The molecule has 0 aliphatic carbocycles. The number of piperidine rings is 1. The summed E-state index contributed by atoms with van der Waals surface area (Å²) in [5.74, 6) is 0.185. The monoisotopic (exact) mass is 492 g/mol. The molecule has 194 valence electrons. The molecule has 0 spiro atoms. The lowest BCUT2D eigenvalue weighted by Crippen LogP contribution is -2.47. The second-order valence-corrected chi connectivity index (χ2v) is 9.65. The predicted octanol–water partition coefficient (Wildman–Crippen LogP) is 4.86. The van der Waals surface area contributed by atoms with Crippen LogP contribution < -0.4 is 15.5 Å². The summed E-state index contributed by atoms with van der Waals surface area (Å²) in [5.41, 5.74) is 1.51. The van der Waals surface area contributed by atoms with Gasteiger partial charge in [0.15, 0.2) is 5.82 Å². The van der Waals surface area contributed by atoms with Crippen molar-refractivity contribution in [3.05, 3.63) is 48.2 Å². The standard InChI is InChI=1S/C28H40N6O2/c1-3-32(4-2)21-22-13-8-11-20-33(22)19-10-5-9-17-30-28(36)34-25-16-7-6-14-23(25)27(35)31-24-15-12-18-29-26(24)34/h6-7,12,14-16,18,22H,3-5,8-11,13,17,19-21H2,1-2H3,(H,30,36)(H,31,35). The van der Waals surface area contributed by atoms with Crippen molar-refractivity contribution in [2.45, 2.75) is 58.4 Å². The van der Waals surface area contributed by atoms with Gasteiger partial charge in [-0.2, -0.15) is 0 Å². The molecule has 0 bridgehead atoms. The van der Waals surface area contributed by atoms with Gasteiger partial charge in [0, 0.05) is 25.3 Å². The van der Waals surface area contributed by atoms with E-state index in [0.717, 1.165) is 38.9 Å². The van der Waals surface area contributed by atoms with E-state index in [2.05, 4.69) is 39.3 Å². The molecule has 4 rings (SSSR count). The van der Waals surface area contributed by atoms with Crippen LogP contribution in [0.4, 0.5) is 22.0 Å². The van der Waals surface area contributed by atoms with Crippen LogP contribution >= 0.6 is 0 Å². The van der Waals surface area contributed by atoms with Crippen LogP contribution in [0.2, 0.25) is 0 Å². The average molecular weight is 493 g/mol. The fourth-order valence-corrected chi connectivity index (χ4v) is 5.27. The predicted molar refractivity (Wildman–Crippen MR) is 145 cm³/mol. The molecule has 36 heavy (non-hydrogen) atoms. The normalized spacial score (nSPS) is 17.8. The average Bonchev–Trinajstić information content (AvgIpc) is 3.03. The van der Waals surface area contributed by atoms with E-state index in [1.807, 2.05) is 6.07 Å². The topological polar surface area (TPSA) is 80.8 Å². The first kappa shape index (κ1) is 26.1. The third-order valence-electron chi connectivity index (χ3n) is 7.35. The molecule has 1 atom stereocenters. The maximum Gasteiger partial charge on any atom is 0.327 e. The summed E-state index contributed by atoms with van der Waals surface area (Å²) in [5, 5.41) is 5.92. The summed E-state index contributed by atoms with van der Waals surface area (Å²) in [6, 6.07) is 11.1. The molecular formula is C28H40N6O2. The Hall–Kier alpha value is -2.97. The lowest BCUT2D eigenvalue weighted by molar-refractivity contribution is 0.102. The second kappa shape index (κ2) is 12.8. The summed E-state index contributed by atoms with van der Waals surface area (Å²) in [6.07, 6.45) is 8.70. The van der Waals surface area contributed by atoms with E-state index in [1.54, 1.807) is 36.5 Å². The highest BCUT2D eigenvalue weighted by atomic mass is 16.2. The number of hydrogen-bond donors (Lipinski definition) is 2. The van der Waals surface area contributed by atoms with E-state index >= 15 is 0 Å². The zero-order valence-corrected chi connectivity index (χ0v) is 21.7. The molecule has 1 aromatic carbocycles. The second-order valence-electron chi connectivity index (χ2n) is 9.65. The van der Waals surface area contributed by atoms with Crippen LogP contribution in [0.25, 0.3) is 0 Å². The molecule has 1 fully saturated rings. The third kappa shape index (κ3) is 6.23. The summed E-state index contributed by atoms with van der Waals surface area (Å²) < 4.78 is 0. The zero-order chi connectivity index (χ0) is 25.3. The number of aromatic nitrogens is 1. The summed E-state index contributed by atoms with van der Waals surface area (Å²) in [6.45, 7) is 10.8. The Balaban J connectivity index is 1.29. The number of carbonyl (C=O) groups excluding carboxylic acids is 2. The van der Waals surface area contributed by atoms with Crippen LogP contribution in [0.15, 0.2) is 42.6 Å². The van der Waals surface area contributed by atoms with Crippen molar-refractivity contribution in [2.24, 2.45) is 0 Å². The Bertz CT molecular complexity index is 1020. The first-order valence-corrected chi connectivity index (χ1v) is 13.5. The van der Waals surface area contributed by atoms with E-state index in [4.69, 9.17) is 0 Å². The summed E-state index contributed by atoms with van der Waals surface area (Å²) in [4.78, 5) is 37.1. The van der Waals surface area contributed by atoms with Crippen LogP contribution in [-0.2, 0) is 0 Å². The number of pyridine rings is 1. The molecule has 1 aromatic heterocycles. The molecule has 0 saturated carbocycles. The van der Waals surface area contributed by atoms with Crippen molar-refractivity contribution in [3.63, 3.8) is 0 Å². The molecule has 3 heterocycles. The molecule has 2 aromatic rings. The number of hydrogen-bond acceptors (Lipinski definition) is 5. The van der Waals surface area contributed by atoms with E-state index in [-0.39, 0.29) is 11.9 Å². The van der Waals surface area contributed by atoms with Crippen molar-refractivity contribution < 1.29 is 9.59 Å². The van der Waals surface area contributed by atoms with Gasteiger partial charge in [-0.3, -0.25) is 9.69 Å². The number of para-hydroxylation sites is 1. The van der Waals surface area contributed by atoms with Crippen LogP contribution in [0.1, 0.15) is 62.7 Å². The molecule has 8 nitrogen and oxygen atoms in total. The SMILES string of the molecule is CCN(CC)CC1CCCCN1CCCCCNC(=O)N1c2ccccc2C(=O)Nc2cccnc21. The number of carbonyl (C=O) groups is 2. The van der Waals surface area contributed by atoms with Gasteiger partial charge in [-0.15, -0.1) is 0 Å². The van der Waals surface area contributed by atoms with Gasteiger partial charge in [0.05, 0.1) is 16.9 Å². The van der Waals surface area contributed by atoms with Gasteiger partial charge >= 0.3 is 6.03 Å². The first-order chi connectivity index (χ1) is 17.6. The molecule has 1 unspecified atom stereocenters. The Morgan fingerprint density at radius 3 is 2.78 bits per heavy atom. The van der Waals surface area contributed by atoms with Crippen LogP contribution in [-0.4, -0.2) is 72.0 Å². The number of amides is 3. The number of nitrogens with zero attached hydrogens (tertiary/aromatic N) is 4. The van der Waals surface area contributed by atoms with Crippen LogP contribution in [0.5, 0.6) is 0 Å². The van der Waals surface area contributed by atoms with Crippen LogP contribution in [0, 0.1) is 0 Å². The number of likely N-dealkylation sites (tertiary alicyclic amines) is 1. The summed E-state index contributed by atoms with van der Waals surface area (Å²) >= 11 is 0. The van der Waals surface area contributed by atoms with Gasteiger partial charge in [0.1, 0.15) is 0 Å². The number of rotatable bonds is 10. The van der Waals surface area contributed by atoms with Gasteiger partial charge in [-0.25, -0.2) is 14.7 Å². The Morgan fingerprint density at radius 1 is 1.11 bits per heavy atom. The lowest BCUT2D eigenvalue weighted by atomic mass is 10.0. The largest absolute Gasteiger partial charge is 0.337 e. The number of urea groups is 1. The van der Waals surface area contributed by atoms with E-state index in [9.17, 15) is 9.59 Å². The number of benzene rings is 1. The Morgan fingerprint density at radius 2 is 1.94 bits per heavy atom. The summed E-state index contributed by atoms with van der Waals surface area (Å²) in [7, 11) is 0. The van der Waals surface area contributed by atoms with Gasteiger partial charge in [0.2, 0.25) is 0 Å². The van der Waals surface area contributed by atoms with Gasteiger partial charge < -0.3 is 15.5 Å². The first-order valence-electron chi connectivity index (χ1n) is 13.5. The molecule has 2 N–H and O–H groups in total. The minimum absolute atomic E-state index is 0.243. The molecule has 8 heteroatoms. The van der Waals surface area contributed by atoms with Gasteiger partial charge in [-0.1, -0.05) is 38.8 Å². The highest BCUT2D eigenvalue weighted by Crippen LogP contribution is 2.36. The minimum atomic E-state index is -0.269. The smallest absolute Gasteiger partial charge is 0.327 e. The number of anilines is 3. The maximum absolute atomic E-state index is 13.3. The Kier molecular flexibility index (Phi) is 9.30. The molecular weight excluding hydrogens is 452 g/mol. The quantitative estimate of drug-likeness (QED) is 0.463. The fraction of sp³-hybridized carbons (Fsp3) is 0.536. The van der Waals surface area contributed by atoms with Crippen molar-refractivity contribution in [1.82, 2.24) is 20.1 Å². The number of fused-ring (bicyclic) bond motifs is 2. The molecule has 0 radical (unpaired) electrons.